The van der Waals surface area contributed by atoms with Gasteiger partial charge < -0.3 is 5.73 Å². The molecule has 3 N–H and O–H groups in total. The second kappa shape index (κ2) is 5.79. The highest BCUT2D eigenvalue weighted by Gasteiger charge is 2.25. The van der Waals surface area contributed by atoms with Gasteiger partial charge in [-0.2, -0.15) is 0 Å². The van der Waals surface area contributed by atoms with E-state index in [4.69, 9.17) is 5.73 Å². The number of benzene rings is 1. The Balaban J connectivity index is 2.16. The normalized spacial score (nSPS) is 12.5. The highest BCUT2D eigenvalue weighted by molar-refractivity contribution is 7.89. The van der Waals surface area contributed by atoms with Crippen molar-refractivity contribution in [1.29, 1.82) is 0 Å². The zero-order valence-electron chi connectivity index (χ0n) is 12.4. The van der Waals surface area contributed by atoms with Gasteiger partial charge in [0.25, 0.3) is 0 Å². The van der Waals surface area contributed by atoms with Gasteiger partial charge in [-0.3, -0.25) is 0 Å². The Kier molecular flexibility index (Phi) is 4.41. The molecule has 0 spiro atoms. The molecular formula is C15H20N2O2S2. The van der Waals surface area contributed by atoms with E-state index in [1.165, 1.54) is 6.07 Å². The summed E-state index contributed by atoms with van der Waals surface area (Å²) in [7, 11) is -3.55. The third kappa shape index (κ3) is 3.64. The first kappa shape index (κ1) is 16.0. The van der Waals surface area contributed by atoms with Gasteiger partial charge >= 0.3 is 0 Å². The number of anilines is 1. The zero-order valence-corrected chi connectivity index (χ0v) is 14.0. The molecule has 1 aromatic heterocycles. The van der Waals surface area contributed by atoms with E-state index in [-0.39, 0.29) is 10.3 Å². The molecule has 0 fully saturated rings. The summed E-state index contributed by atoms with van der Waals surface area (Å²) in [6.07, 6.45) is 0. The average molecular weight is 324 g/mol. The van der Waals surface area contributed by atoms with Gasteiger partial charge in [0.05, 0.1) is 4.90 Å². The summed E-state index contributed by atoms with van der Waals surface area (Å²) >= 11 is 1.63. The molecule has 0 aliphatic carbocycles. The lowest BCUT2D eigenvalue weighted by Crippen LogP contribution is -2.36. The second-order valence-electron chi connectivity index (χ2n) is 5.70. The fourth-order valence-corrected chi connectivity index (χ4v) is 3.99. The van der Waals surface area contributed by atoms with Gasteiger partial charge in [0, 0.05) is 22.5 Å². The van der Waals surface area contributed by atoms with Gasteiger partial charge in [0.15, 0.2) is 0 Å². The van der Waals surface area contributed by atoms with Crippen molar-refractivity contribution in [2.24, 2.45) is 0 Å². The van der Waals surface area contributed by atoms with Gasteiger partial charge in [-0.25, -0.2) is 13.1 Å². The summed E-state index contributed by atoms with van der Waals surface area (Å²) in [4.78, 5) is 1.35. The minimum absolute atomic E-state index is 0.201. The third-order valence-corrected chi connectivity index (χ3v) is 6.09. The molecule has 0 saturated carbocycles. The molecular weight excluding hydrogens is 304 g/mol. The van der Waals surface area contributed by atoms with E-state index in [0.29, 0.717) is 12.2 Å². The van der Waals surface area contributed by atoms with Gasteiger partial charge in [-0.1, -0.05) is 26.0 Å². The fraction of sp³-hybridized carbons (Fsp3) is 0.333. The highest BCUT2D eigenvalue weighted by atomic mass is 32.2. The van der Waals surface area contributed by atoms with Crippen molar-refractivity contribution < 1.29 is 8.42 Å². The predicted octanol–water partition coefficient (Wildman–Crippen LogP) is 2.89. The molecule has 0 saturated heterocycles. The first-order valence-corrected chi connectivity index (χ1v) is 8.98. The summed E-state index contributed by atoms with van der Waals surface area (Å²) in [5, 5.41) is 1.99. The number of hydrogen-bond donors (Lipinski definition) is 2. The first-order valence-electron chi connectivity index (χ1n) is 6.62. The molecule has 2 aromatic rings. The monoisotopic (exact) mass is 324 g/mol. The first-order chi connectivity index (χ1) is 9.72. The van der Waals surface area contributed by atoms with Crippen LogP contribution in [0.1, 0.15) is 24.3 Å². The van der Waals surface area contributed by atoms with E-state index in [9.17, 15) is 8.42 Å². The minimum atomic E-state index is -3.55. The maximum Gasteiger partial charge on any atom is 0.240 e. The summed E-state index contributed by atoms with van der Waals surface area (Å²) < 4.78 is 27.4. The van der Waals surface area contributed by atoms with Crippen LogP contribution in [-0.4, -0.2) is 15.0 Å². The predicted molar refractivity (Wildman–Crippen MR) is 88.1 cm³/mol. The molecule has 0 radical (unpaired) electrons. The van der Waals surface area contributed by atoms with Crippen LogP contribution in [0.15, 0.2) is 40.6 Å². The molecule has 2 rings (SSSR count). The van der Waals surface area contributed by atoms with Crippen LogP contribution in [0.2, 0.25) is 0 Å². The van der Waals surface area contributed by atoms with Crippen molar-refractivity contribution in [2.45, 2.75) is 31.1 Å². The Bertz CT molecular complexity index is 720. The SMILES string of the molecule is Cc1ccc(S(=O)(=O)NCC(C)(C)c2cccs2)cc1N. The standard InChI is InChI=1S/C15H20N2O2S2/c1-11-6-7-12(9-13(11)16)21(18,19)17-10-15(2,3)14-5-4-8-20-14/h4-9,17H,10,16H2,1-3H3. The third-order valence-electron chi connectivity index (χ3n) is 3.45. The van der Waals surface area contributed by atoms with Crippen LogP contribution in [0.3, 0.4) is 0 Å². The van der Waals surface area contributed by atoms with Crippen molar-refractivity contribution in [3.63, 3.8) is 0 Å². The van der Waals surface area contributed by atoms with Crippen LogP contribution in [-0.2, 0) is 15.4 Å². The molecule has 0 bridgehead atoms. The van der Waals surface area contributed by atoms with Crippen molar-refractivity contribution in [3.8, 4) is 0 Å². The van der Waals surface area contributed by atoms with Crippen LogP contribution >= 0.6 is 11.3 Å². The molecule has 0 aliphatic rings. The number of hydrogen-bond acceptors (Lipinski definition) is 4. The summed E-state index contributed by atoms with van der Waals surface area (Å²) in [6, 6.07) is 8.77. The number of thiophene rings is 1. The molecule has 4 nitrogen and oxygen atoms in total. The van der Waals surface area contributed by atoms with E-state index in [2.05, 4.69) is 4.72 Å². The number of nitrogen functional groups attached to an aromatic ring is 1. The largest absolute Gasteiger partial charge is 0.398 e. The van der Waals surface area contributed by atoms with Gasteiger partial charge in [-0.15, -0.1) is 11.3 Å². The Morgan fingerprint density at radius 2 is 2.00 bits per heavy atom. The van der Waals surface area contributed by atoms with E-state index < -0.39 is 10.0 Å². The fourth-order valence-electron chi connectivity index (χ4n) is 1.90. The van der Waals surface area contributed by atoms with Gasteiger partial charge in [0.2, 0.25) is 10.0 Å². The number of rotatable bonds is 5. The molecule has 0 amide bonds. The Morgan fingerprint density at radius 3 is 2.57 bits per heavy atom. The molecule has 6 heteroatoms. The van der Waals surface area contributed by atoms with Crippen molar-refractivity contribution >= 4 is 27.0 Å². The summed E-state index contributed by atoms with van der Waals surface area (Å²) in [5.41, 5.74) is 6.88. The number of nitrogens with two attached hydrogens (primary N) is 1. The van der Waals surface area contributed by atoms with E-state index in [0.717, 1.165) is 10.4 Å². The lowest BCUT2D eigenvalue weighted by molar-refractivity contribution is 0.509. The Hall–Kier alpha value is -1.37. The smallest absolute Gasteiger partial charge is 0.240 e. The minimum Gasteiger partial charge on any atom is -0.398 e. The van der Waals surface area contributed by atoms with Crippen LogP contribution in [0.4, 0.5) is 5.69 Å². The van der Waals surface area contributed by atoms with Crippen molar-refractivity contribution in [1.82, 2.24) is 4.72 Å². The lowest BCUT2D eigenvalue weighted by atomic mass is 9.92. The van der Waals surface area contributed by atoms with Crippen molar-refractivity contribution in [2.75, 3.05) is 12.3 Å². The van der Waals surface area contributed by atoms with Crippen LogP contribution in [0.5, 0.6) is 0 Å². The molecule has 21 heavy (non-hydrogen) atoms. The van der Waals surface area contributed by atoms with Crippen LogP contribution in [0.25, 0.3) is 0 Å². The van der Waals surface area contributed by atoms with Crippen LogP contribution in [0, 0.1) is 6.92 Å². The summed E-state index contributed by atoms with van der Waals surface area (Å²) in [5.74, 6) is 0. The highest BCUT2D eigenvalue weighted by Crippen LogP contribution is 2.27. The van der Waals surface area contributed by atoms with E-state index >= 15 is 0 Å². The number of sulfonamides is 1. The molecule has 0 unspecified atom stereocenters. The maximum atomic E-state index is 12.3. The second-order valence-corrected chi connectivity index (χ2v) is 8.42. The van der Waals surface area contributed by atoms with Gasteiger partial charge in [-0.05, 0) is 36.1 Å². The maximum absolute atomic E-state index is 12.3. The average Bonchev–Trinajstić information content (AvgIpc) is 2.94. The molecule has 1 aromatic carbocycles. The topological polar surface area (TPSA) is 72.2 Å². The molecule has 1 heterocycles. The Morgan fingerprint density at radius 1 is 1.29 bits per heavy atom. The van der Waals surface area contributed by atoms with E-state index in [1.807, 2.05) is 38.3 Å². The number of nitrogens with one attached hydrogen (secondary N) is 1. The quantitative estimate of drug-likeness (QED) is 0.831. The van der Waals surface area contributed by atoms with Crippen molar-refractivity contribution in [3.05, 3.63) is 46.2 Å². The molecule has 0 aliphatic heterocycles. The van der Waals surface area contributed by atoms with E-state index in [1.54, 1.807) is 23.5 Å². The molecule has 0 atom stereocenters. The zero-order chi connectivity index (χ0) is 15.7. The molecule has 114 valence electrons. The van der Waals surface area contributed by atoms with Gasteiger partial charge in [0.1, 0.15) is 0 Å². The number of aryl methyl sites for hydroxylation is 1. The van der Waals surface area contributed by atoms with Crippen LogP contribution < -0.4 is 10.5 Å². The summed E-state index contributed by atoms with van der Waals surface area (Å²) in [6.45, 7) is 6.22. The Labute approximate surface area is 130 Å². The lowest BCUT2D eigenvalue weighted by Gasteiger charge is -2.23.